The van der Waals surface area contributed by atoms with Crippen molar-refractivity contribution in [3.8, 4) is 0 Å². The summed E-state index contributed by atoms with van der Waals surface area (Å²) in [5.41, 5.74) is 3.35. The van der Waals surface area contributed by atoms with Gasteiger partial charge in [0.1, 0.15) is 0 Å². The maximum absolute atomic E-state index is 13.7. The van der Waals surface area contributed by atoms with Crippen molar-refractivity contribution in [2.75, 3.05) is 18.0 Å². The second-order valence-electron chi connectivity index (χ2n) is 9.89. The lowest BCUT2D eigenvalue weighted by Gasteiger charge is -2.43. The molecular formula is C30H29ClN4O. The molecule has 6 rings (SSSR count). The van der Waals surface area contributed by atoms with Gasteiger partial charge in [-0.05, 0) is 59.7 Å². The van der Waals surface area contributed by atoms with Gasteiger partial charge < -0.3 is 10.2 Å². The van der Waals surface area contributed by atoms with E-state index in [-0.39, 0.29) is 11.3 Å². The van der Waals surface area contributed by atoms with Crippen LogP contribution >= 0.6 is 11.6 Å². The molecule has 1 aliphatic carbocycles. The Balaban J connectivity index is 1.37. The van der Waals surface area contributed by atoms with Crippen LogP contribution in [0.5, 0.6) is 0 Å². The topological polar surface area (TPSA) is 58.1 Å². The third-order valence-electron chi connectivity index (χ3n) is 7.79. The van der Waals surface area contributed by atoms with Gasteiger partial charge in [0, 0.05) is 36.3 Å². The highest BCUT2D eigenvalue weighted by Crippen LogP contribution is 2.49. The Hall–Kier alpha value is -3.44. The molecule has 2 heterocycles. The Morgan fingerprint density at radius 1 is 0.944 bits per heavy atom. The van der Waals surface area contributed by atoms with Crippen LogP contribution in [0.2, 0.25) is 5.02 Å². The van der Waals surface area contributed by atoms with Crippen molar-refractivity contribution in [2.45, 2.75) is 44.1 Å². The molecule has 5 nitrogen and oxygen atoms in total. The lowest BCUT2D eigenvalue weighted by Crippen LogP contribution is -2.40. The van der Waals surface area contributed by atoms with Gasteiger partial charge in [0.15, 0.2) is 0 Å². The number of carbonyl (C=O) groups is 1. The first kappa shape index (κ1) is 23.0. The molecule has 1 amide bonds. The van der Waals surface area contributed by atoms with Gasteiger partial charge in [0.05, 0.1) is 11.3 Å². The average Bonchev–Trinajstić information content (AvgIpc) is 3.43. The lowest BCUT2D eigenvalue weighted by molar-refractivity contribution is 0.0946. The first-order valence-electron chi connectivity index (χ1n) is 12.8. The molecule has 4 aromatic rings. The minimum atomic E-state index is -0.297. The van der Waals surface area contributed by atoms with Crippen LogP contribution in [0, 0.1) is 0 Å². The molecule has 0 spiro atoms. The van der Waals surface area contributed by atoms with Crippen molar-refractivity contribution >= 4 is 34.2 Å². The van der Waals surface area contributed by atoms with Gasteiger partial charge >= 0.3 is 0 Å². The van der Waals surface area contributed by atoms with Crippen LogP contribution in [0.15, 0.2) is 72.9 Å². The second kappa shape index (κ2) is 9.55. The van der Waals surface area contributed by atoms with Crippen LogP contribution in [0.3, 0.4) is 0 Å². The van der Waals surface area contributed by atoms with Crippen LogP contribution in [0.1, 0.15) is 59.3 Å². The molecule has 182 valence electrons. The molecule has 0 radical (unpaired) electrons. The molecule has 1 aliphatic heterocycles. The summed E-state index contributed by atoms with van der Waals surface area (Å²) in [5.74, 6) is 0.597. The SMILES string of the molecule is O=C(NCc1cccc2ccccc12)c1cnc(N2CCCC2)nc1C1(c2ccc(Cl)cc2)CCC1. The summed E-state index contributed by atoms with van der Waals surface area (Å²) in [4.78, 5) is 25.6. The minimum Gasteiger partial charge on any atom is -0.348 e. The van der Waals surface area contributed by atoms with E-state index in [1.807, 2.05) is 30.3 Å². The van der Waals surface area contributed by atoms with Gasteiger partial charge in [0.25, 0.3) is 5.91 Å². The quantitative estimate of drug-likeness (QED) is 0.341. The third-order valence-corrected chi connectivity index (χ3v) is 8.04. The molecule has 6 heteroatoms. The fourth-order valence-corrected chi connectivity index (χ4v) is 5.78. The maximum Gasteiger partial charge on any atom is 0.255 e. The zero-order valence-corrected chi connectivity index (χ0v) is 21.0. The number of benzene rings is 3. The number of amides is 1. The Labute approximate surface area is 216 Å². The molecule has 3 aromatic carbocycles. The summed E-state index contributed by atoms with van der Waals surface area (Å²) in [7, 11) is 0. The number of aromatic nitrogens is 2. The zero-order valence-electron chi connectivity index (χ0n) is 20.2. The molecule has 1 saturated carbocycles. The molecule has 36 heavy (non-hydrogen) atoms. The fraction of sp³-hybridized carbons (Fsp3) is 0.300. The number of carbonyl (C=O) groups excluding carboxylic acids is 1. The maximum atomic E-state index is 13.7. The van der Waals surface area contributed by atoms with E-state index in [1.54, 1.807) is 6.20 Å². The number of hydrogen-bond donors (Lipinski definition) is 1. The predicted molar refractivity (Wildman–Crippen MR) is 145 cm³/mol. The molecule has 0 unspecified atom stereocenters. The molecular weight excluding hydrogens is 468 g/mol. The first-order chi connectivity index (χ1) is 17.6. The van der Waals surface area contributed by atoms with Gasteiger partial charge in [-0.25, -0.2) is 9.97 Å². The van der Waals surface area contributed by atoms with Crippen LogP contribution in [0.25, 0.3) is 10.8 Å². The van der Waals surface area contributed by atoms with Crippen molar-refractivity contribution in [3.63, 3.8) is 0 Å². The van der Waals surface area contributed by atoms with Crippen molar-refractivity contribution in [1.29, 1.82) is 0 Å². The number of rotatable bonds is 6. The Morgan fingerprint density at radius 3 is 2.44 bits per heavy atom. The summed E-state index contributed by atoms with van der Waals surface area (Å²) in [6, 6.07) is 22.5. The smallest absolute Gasteiger partial charge is 0.255 e. The Bertz CT molecular complexity index is 1400. The van der Waals surface area contributed by atoms with Crippen molar-refractivity contribution in [3.05, 3.63) is 100 Å². The van der Waals surface area contributed by atoms with Gasteiger partial charge in [0.2, 0.25) is 5.95 Å². The largest absolute Gasteiger partial charge is 0.348 e. The second-order valence-corrected chi connectivity index (χ2v) is 10.3. The molecule has 2 fully saturated rings. The number of halogens is 1. The highest BCUT2D eigenvalue weighted by atomic mass is 35.5. The third kappa shape index (κ3) is 4.11. The highest BCUT2D eigenvalue weighted by molar-refractivity contribution is 6.30. The first-order valence-corrected chi connectivity index (χ1v) is 13.2. The van der Waals surface area contributed by atoms with Gasteiger partial charge in [-0.2, -0.15) is 0 Å². The van der Waals surface area contributed by atoms with E-state index < -0.39 is 0 Å². The summed E-state index contributed by atoms with van der Waals surface area (Å²) >= 11 is 6.21. The zero-order chi connectivity index (χ0) is 24.5. The summed E-state index contributed by atoms with van der Waals surface area (Å²) < 4.78 is 0. The number of anilines is 1. The van der Waals surface area contributed by atoms with E-state index in [0.717, 1.165) is 73.3 Å². The lowest BCUT2D eigenvalue weighted by atomic mass is 9.61. The van der Waals surface area contributed by atoms with E-state index in [4.69, 9.17) is 16.6 Å². The predicted octanol–water partition coefficient (Wildman–Crippen LogP) is 6.28. The molecule has 0 bridgehead atoms. The number of nitrogens with zero attached hydrogens (tertiary/aromatic N) is 3. The highest BCUT2D eigenvalue weighted by Gasteiger charge is 2.44. The average molecular weight is 497 g/mol. The Morgan fingerprint density at radius 2 is 1.69 bits per heavy atom. The van der Waals surface area contributed by atoms with E-state index in [9.17, 15) is 4.79 Å². The van der Waals surface area contributed by atoms with Gasteiger partial charge in [-0.3, -0.25) is 4.79 Å². The van der Waals surface area contributed by atoms with E-state index in [1.165, 1.54) is 5.39 Å². The normalized spacial score (nSPS) is 16.6. The van der Waals surface area contributed by atoms with Crippen molar-refractivity contribution in [1.82, 2.24) is 15.3 Å². The fourth-order valence-electron chi connectivity index (χ4n) is 5.65. The van der Waals surface area contributed by atoms with E-state index in [2.05, 4.69) is 51.6 Å². The standard InChI is InChI=1S/C30H29ClN4O/c31-24-13-11-23(12-14-24)30(15-6-16-30)27-26(20-33-29(34-27)35-17-3-4-18-35)28(36)32-19-22-9-5-8-21-7-1-2-10-25(21)22/h1-2,5,7-14,20H,3-4,6,15-19H2,(H,32,36). The molecule has 1 saturated heterocycles. The monoisotopic (exact) mass is 496 g/mol. The van der Waals surface area contributed by atoms with Crippen LogP contribution in [-0.4, -0.2) is 29.0 Å². The number of hydrogen-bond acceptors (Lipinski definition) is 4. The van der Waals surface area contributed by atoms with Crippen LogP contribution < -0.4 is 10.2 Å². The van der Waals surface area contributed by atoms with Crippen LogP contribution in [0.4, 0.5) is 5.95 Å². The summed E-state index contributed by atoms with van der Waals surface area (Å²) in [5, 5.41) is 6.19. The van der Waals surface area contributed by atoms with Gasteiger partial charge in [-0.15, -0.1) is 0 Å². The van der Waals surface area contributed by atoms with Crippen molar-refractivity contribution in [2.24, 2.45) is 0 Å². The Kier molecular flexibility index (Phi) is 6.10. The van der Waals surface area contributed by atoms with E-state index in [0.29, 0.717) is 17.1 Å². The minimum absolute atomic E-state index is 0.133. The van der Waals surface area contributed by atoms with Crippen molar-refractivity contribution < 1.29 is 4.79 Å². The molecule has 1 N–H and O–H groups in total. The van der Waals surface area contributed by atoms with Crippen LogP contribution in [-0.2, 0) is 12.0 Å². The summed E-state index contributed by atoms with van der Waals surface area (Å²) in [6.07, 6.45) is 7.04. The van der Waals surface area contributed by atoms with Gasteiger partial charge in [-0.1, -0.05) is 72.6 Å². The van der Waals surface area contributed by atoms with E-state index >= 15 is 0 Å². The summed E-state index contributed by atoms with van der Waals surface area (Å²) in [6.45, 7) is 2.36. The number of fused-ring (bicyclic) bond motifs is 1. The number of nitrogens with one attached hydrogen (secondary N) is 1. The molecule has 2 aliphatic rings. The molecule has 1 aromatic heterocycles. The molecule has 0 atom stereocenters.